The Morgan fingerprint density at radius 2 is 1.87 bits per heavy atom. The molecule has 2 N–H and O–H groups in total. The molecule has 1 unspecified atom stereocenters. The summed E-state index contributed by atoms with van der Waals surface area (Å²) in [5, 5.41) is 0. The SMILES string of the molecule is Cc1ccc(OCC(=O)N2c3ccccc3CC2C(N)=O)cc1. The molecule has 0 spiro atoms. The Morgan fingerprint density at radius 3 is 2.57 bits per heavy atom. The Labute approximate surface area is 134 Å². The minimum Gasteiger partial charge on any atom is -0.484 e. The van der Waals surface area contributed by atoms with Crippen molar-refractivity contribution in [3.63, 3.8) is 0 Å². The first-order chi connectivity index (χ1) is 11.1. The highest BCUT2D eigenvalue weighted by molar-refractivity contribution is 6.03. The summed E-state index contributed by atoms with van der Waals surface area (Å²) in [6.45, 7) is 1.84. The van der Waals surface area contributed by atoms with Crippen LogP contribution in [-0.4, -0.2) is 24.5 Å². The first-order valence-electron chi connectivity index (χ1n) is 7.45. The number of rotatable bonds is 4. The summed E-state index contributed by atoms with van der Waals surface area (Å²) in [7, 11) is 0. The van der Waals surface area contributed by atoms with E-state index >= 15 is 0 Å². The zero-order valence-electron chi connectivity index (χ0n) is 12.9. The van der Waals surface area contributed by atoms with Crippen LogP contribution in [0.25, 0.3) is 0 Å². The number of para-hydroxylation sites is 1. The fraction of sp³-hybridized carbons (Fsp3) is 0.222. The molecule has 0 bridgehead atoms. The third-order valence-electron chi connectivity index (χ3n) is 3.96. The minimum atomic E-state index is -0.651. The van der Waals surface area contributed by atoms with E-state index in [9.17, 15) is 9.59 Å². The molecule has 0 aromatic heterocycles. The van der Waals surface area contributed by atoms with Crippen LogP contribution < -0.4 is 15.4 Å². The van der Waals surface area contributed by atoms with E-state index in [-0.39, 0.29) is 12.5 Å². The zero-order valence-corrected chi connectivity index (χ0v) is 12.9. The number of amides is 2. The van der Waals surface area contributed by atoms with Gasteiger partial charge in [-0.05, 0) is 30.7 Å². The van der Waals surface area contributed by atoms with Gasteiger partial charge in [-0.3, -0.25) is 14.5 Å². The van der Waals surface area contributed by atoms with Crippen molar-refractivity contribution < 1.29 is 14.3 Å². The average molecular weight is 310 g/mol. The molecule has 1 heterocycles. The van der Waals surface area contributed by atoms with Gasteiger partial charge < -0.3 is 10.5 Å². The fourth-order valence-corrected chi connectivity index (χ4v) is 2.77. The lowest BCUT2D eigenvalue weighted by molar-refractivity contribution is -0.125. The summed E-state index contributed by atoms with van der Waals surface area (Å²) in [5.74, 6) is -0.170. The van der Waals surface area contributed by atoms with E-state index in [1.54, 1.807) is 0 Å². The Bertz CT molecular complexity index is 740. The molecule has 5 heteroatoms. The molecule has 0 saturated heterocycles. The van der Waals surface area contributed by atoms with Crippen molar-refractivity contribution in [3.8, 4) is 5.75 Å². The number of primary amides is 1. The standard InChI is InChI=1S/C18H18N2O3/c1-12-6-8-14(9-7-12)23-11-17(21)20-15-5-3-2-4-13(15)10-16(20)18(19)22/h2-9,16H,10-11H2,1H3,(H2,19,22). The third kappa shape index (κ3) is 3.04. The van der Waals surface area contributed by atoms with Crippen LogP contribution in [0.2, 0.25) is 0 Å². The molecular formula is C18H18N2O3. The van der Waals surface area contributed by atoms with Crippen LogP contribution in [0.5, 0.6) is 5.75 Å². The van der Waals surface area contributed by atoms with Crippen molar-refractivity contribution in [3.05, 3.63) is 59.7 Å². The topological polar surface area (TPSA) is 72.6 Å². The van der Waals surface area contributed by atoms with Gasteiger partial charge in [0.25, 0.3) is 5.91 Å². The van der Waals surface area contributed by atoms with E-state index < -0.39 is 11.9 Å². The molecule has 1 aliphatic heterocycles. The van der Waals surface area contributed by atoms with Crippen LogP contribution >= 0.6 is 0 Å². The van der Waals surface area contributed by atoms with Gasteiger partial charge in [-0.2, -0.15) is 0 Å². The maximum Gasteiger partial charge on any atom is 0.265 e. The molecule has 0 fully saturated rings. The van der Waals surface area contributed by atoms with Crippen molar-refractivity contribution >= 4 is 17.5 Å². The number of hydrogen-bond acceptors (Lipinski definition) is 3. The molecule has 0 saturated carbocycles. The smallest absolute Gasteiger partial charge is 0.265 e. The highest BCUT2D eigenvalue weighted by atomic mass is 16.5. The van der Waals surface area contributed by atoms with E-state index in [1.807, 2.05) is 55.5 Å². The van der Waals surface area contributed by atoms with Crippen LogP contribution in [-0.2, 0) is 16.0 Å². The van der Waals surface area contributed by atoms with Gasteiger partial charge in [0.05, 0.1) is 0 Å². The first-order valence-corrected chi connectivity index (χ1v) is 7.45. The molecule has 23 heavy (non-hydrogen) atoms. The number of carbonyl (C=O) groups excluding carboxylic acids is 2. The van der Waals surface area contributed by atoms with Crippen LogP contribution in [0.15, 0.2) is 48.5 Å². The number of anilines is 1. The molecule has 0 radical (unpaired) electrons. The van der Waals surface area contributed by atoms with Crippen molar-refractivity contribution in [2.75, 3.05) is 11.5 Å². The Balaban J connectivity index is 1.76. The predicted molar refractivity (Wildman–Crippen MR) is 87.3 cm³/mol. The van der Waals surface area contributed by atoms with Crippen molar-refractivity contribution in [2.45, 2.75) is 19.4 Å². The third-order valence-corrected chi connectivity index (χ3v) is 3.96. The normalized spacial score (nSPS) is 16.0. The van der Waals surface area contributed by atoms with Gasteiger partial charge in [-0.1, -0.05) is 35.9 Å². The summed E-state index contributed by atoms with van der Waals surface area (Å²) < 4.78 is 5.53. The van der Waals surface area contributed by atoms with Gasteiger partial charge >= 0.3 is 0 Å². The average Bonchev–Trinajstić information content (AvgIpc) is 2.94. The lowest BCUT2D eigenvalue weighted by Crippen LogP contribution is -2.47. The summed E-state index contributed by atoms with van der Waals surface area (Å²) in [4.78, 5) is 25.7. The number of benzene rings is 2. The largest absolute Gasteiger partial charge is 0.484 e. The van der Waals surface area contributed by atoms with E-state index in [2.05, 4.69) is 0 Å². The number of carbonyl (C=O) groups is 2. The zero-order chi connectivity index (χ0) is 16.4. The van der Waals surface area contributed by atoms with E-state index in [0.717, 1.165) is 16.8 Å². The maximum absolute atomic E-state index is 12.6. The summed E-state index contributed by atoms with van der Waals surface area (Å²) in [5.41, 5.74) is 8.25. The van der Waals surface area contributed by atoms with E-state index in [0.29, 0.717) is 12.2 Å². The summed E-state index contributed by atoms with van der Waals surface area (Å²) >= 11 is 0. The molecule has 2 aromatic rings. The molecular weight excluding hydrogens is 292 g/mol. The summed E-state index contributed by atoms with van der Waals surface area (Å²) in [6.07, 6.45) is 0.446. The maximum atomic E-state index is 12.6. The Hall–Kier alpha value is -2.82. The number of fused-ring (bicyclic) bond motifs is 1. The minimum absolute atomic E-state index is 0.138. The monoisotopic (exact) mass is 310 g/mol. The van der Waals surface area contributed by atoms with Gasteiger partial charge in [-0.25, -0.2) is 0 Å². The van der Waals surface area contributed by atoms with Crippen LogP contribution in [0.1, 0.15) is 11.1 Å². The molecule has 2 aromatic carbocycles. The Kier molecular flexibility index (Phi) is 4.02. The van der Waals surface area contributed by atoms with Crippen molar-refractivity contribution in [1.82, 2.24) is 0 Å². The Morgan fingerprint density at radius 1 is 1.17 bits per heavy atom. The predicted octanol–water partition coefficient (Wildman–Crippen LogP) is 1.82. The van der Waals surface area contributed by atoms with Crippen LogP contribution in [0.4, 0.5) is 5.69 Å². The van der Waals surface area contributed by atoms with Crippen molar-refractivity contribution in [1.29, 1.82) is 0 Å². The summed E-state index contributed by atoms with van der Waals surface area (Å²) in [6, 6.07) is 14.2. The van der Waals surface area contributed by atoms with Crippen molar-refractivity contribution in [2.24, 2.45) is 5.73 Å². The van der Waals surface area contributed by atoms with Crippen LogP contribution in [0, 0.1) is 6.92 Å². The number of ether oxygens (including phenoxy) is 1. The highest BCUT2D eigenvalue weighted by Crippen LogP contribution is 2.32. The number of hydrogen-bond donors (Lipinski definition) is 1. The second-order valence-corrected chi connectivity index (χ2v) is 5.62. The van der Waals surface area contributed by atoms with Gasteiger partial charge in [-0.15, -0.1) is 0 Å². The quantitative estimate of drug-likeness (QED) is 0.936. The van der Waals surface area contributed by atoms with E-state index in [1.165, 1.54) is 4.90 Å². The number of aryl methyl sites for hydroxylation is 1. The van der Waals surface area contributed by atoms with Gasteiger partial charge in [0, 0.05) is 12.1 Å². The molecule has 5 nitrogen and oxygen atoms in total. The molecule has 1 aliphatic rings. The van der Waals surface area contributed by atoms with Gasteiger partial charge in [0.15, 0.2) is 6.61 Å². The molecule has 1 atom stereocenters. The first kappa shape index (κ1) is 15.1. The van der Waals surface area contributed by atoms with Gasteiger partial charge in [0.1, 0.15) is 11.8 Å². The molecule has 2 amide bonds. The number of nitrogens with zero attached hydrogens (tertiary/aromatic N) is 1. The van der Waals surface area contributed by atoms with Gasteiger partial charge in [0.2, 0.25) is 5.91 Å². The van der Waals surface area contributed by atoms with E-state index in [4.69, 9.17) is 10.5 Å². The molecule has 3 rings (SSSR count). The number of nitrogens with two attached hydrogens (primary N) is 1. The molecule has 118 valence electrons. The second-order valence-electron chi connectivity index (χ2n) is 5.62. The lowest BCUT2D eigenvalue weighted by Gasteiger charge is -2.23. The second kappa shape index (κ2) is 6.12. The fourth-order valence-electron chi connectivity index (χ4n) is 2.77. The highest BCUT2D eigenvalue weighted by Gasteiger charge is 2.37. The van der Waals surface area contributed by atoms with Crippen LogP contribution in [0.3, 0.4) is 0 Å². The lowest BCUT2D eigenvalue weighted by atomic mass is 10.1. The molecule has 0 aliphatic carbocycles.